The van der Waals surface area contributed by atoms with Gasteiger partial charge in [0.1, 0.15) is 0 Å². The van der Waals surface area contributed by atoms with E-state index in [4.69, 9.17) is 0 Å². The zero-order valence-electron chi connectivity index (χ0n) is 7.83. The van der Waals surface area contributed by atoms with Gasteiger partial charge < -0.3 is 0 Å². The molecule has 0 radical (unpaired) electrons. The smallest absolute Gasteiger partial charge is 0.0885 e. The van der Waals surface area contributed by atoms with Crippen molar-refractivity contribution in [3.8, 4) is 0 Å². The van der Waals surface area contributed by atoms with Crippen molar-refractivity contribution in [2.24, 2.45) is 15.9 Å². The normalized spacial score (nSPS) is 16.0. The first-order valence-electron chi connectivity index (χ1n) is 4.29. The average Bonchev–Trinajstić information content (AvgIpc) is 2.27. The summed E-state index contributed by atoms with van der Waals surface area (Å²) in [5.41, 5.74) is 2.34. The molecular weight excluding hydrogens is 148 g/mol. The van der Waals surface area contributed by atoms with Crippen LogP contribution < -0.4 is 0 Å². The van der Waals surface area contributed by atoms with E-state index >= 15 is 0 Å². The molecule has 2 nitrogen and oxygen atoms in total. The van der Waals surface area contributed by atoms with E-state index < -0.39 is 0 Å². The van der Waals surface area contributed by atoms with Gasteiger partial charge in [0.25, 0.3) is 0 Å². The Kier molecular flexibility index (Phi) is 3.01. The summed E-state index contributed by atoms with van der Waals surface area (Å²) in [6.07, 6.45) is 4.44. The van der Waals surface area contributed by atoms with Gasteiger partial charge in [-0.2, -0.15) is 0 Å². The molecule has 0 fully saturated rings. The van der Waals surface area contributed by atoms with Crippen molar-refractivity contribution in [3.63, 3.8) is 0 Å². The van der Waals surface area contributed by atoms with Crippen molar-refractivity contribution in [2.45, 2.75) is 27.2 Å². The van der Waals surface area contributed by atoms with Crippen molar-refractivity contribution < 1.29 is 0 Å². The first kappa shape index (κ1) is 8.95. The van der Waals surface area contributed by atoms with E-state index in [1.54, 1.807) is 6.20 Å². The highest BCUT2D eigenvalue weighted by Gasteiger charge is 2.09. The molecule has 0 atom stereocenters. The number of aliphatic imine (C=N–C) groups is 2. The summed E-state index contributed by atoms with van der Waals surface area (Å²) in [7, 11) is 0. The third-order valence-electron chi connectivity index (χ3n) is 1.85. The Hall–Kier alpha value is -1.14. The number of rotatable bonds is 2. The largest absolute Gasteiger partial charge is 0.251 e. The van der Waals surface area contributed by atoms with Gasteiger partial charge in [0, 0.05) is 17.8 Å². The monoisotopic (exact) mass is 162 g/mol. The number of hydrogen-bond donors (Lipinski definition) is 0. The van der Waals surface area contributed by atoms with Crippen molar-refractivity contribution >= 4 is 11.6 Å². The Labute approximate surface area is 73.4 Å². The number of allylic oxidation sites excluding steroid dienone is 1. The third kappa shape index (κ3) is 1.93. The lowest BCUT2D eigenvalue weighted by Crippen LogP contribution is -2.06. The lowest BCUT2D eigenvalue weighted by atomic mass is 9.98. The van der Waals surface area contributed by atoms with Crippen molar-refractivity contribution in [3.05, 3.63) is 18.0 Å². The Morgan fingerprint density at radius 3 is 2.83 bits per heavy atom. The molecule has 0 amide bonds. The summed E-state index contributed by atoms with van der Waals surface area (Å²) in [5, 5.41) is 0. The van der Waals surface area contributed by atoms with Gasteiger partial charge in [-0.05, 0) is 17.9 Å². The van der Waals surface area contributed by atoms with Crippen LogP contribution in [0.25, 0.3) is 0 Å². The minimum Gasteiger partial charge on any atom is -0.251 e. The van der Waals surface area contributed by atoms with Crippen LogP contribution in [0.2, 0.25) is 0 Å². The SMILES string of the molecule is CCC1=NC=C=NC=C1C(C)C. The maximum absolute atomic E-state index is 4.26. The molecule has 0 spiro atoms. The van der Waals surface area contributed by atoms with Crippen LogP contribution in [-0.2, 0) is 0 Å². The van der Waals surface area contributed by atoms with Crippen molar-refractivity contribution in [2.75, 3.05) is 0 Å². The molecule has 0 unspecified atom stereocenters. The maximum Gasteiger partial charge on any atom is 0.0885 e. The van der Waals surface area contributed by atoms with Gasteiger partial charge in [-0.1, -0.05) is 20.8 Å². The lowest BCUT2D eigenvalue weighted by molar-refractivity contribution is 0.795. The topological polar surface area (TPSA) is 24.7 Å². The summed E-state index contributed by atoms with van der Waals surface area (Å²) in [5.74, 6) is 3.22. The minimum absolute atomic E-state index is 0.487. The van der Waals surface area contributed by atoms with Gasteiger partial charge in [-0.15, -0.1) is 0 Å². The molecule has 0 bridgehead atoms. The van der Waals surface area contributed by atoms with Gasteiger partial charge in [0.15, 0.2) is 0 Å². The van der Waals surface area contributed by atoms with Crippen LogP contribution in [0.3, 0.4) is 0 Å². The van der Waals surface area contributed by atoms with E-state index in [-0.39, 0.29) is 0 Å². The van der Waals surface area contributed by atoms with Gasteiger partial charge in [0.05, 0.1) is 6.20 Å². The van der Waals surface area contributed by atoms with E-state index in [9.17, 15) is 0 Å². The van der Waals surface area contributed by atoms with Crippen LogP contribution in [0.1, 0.15) is 27.2 Å². The molecule has 0 aromatic carbocycles. The average molecular weight is 162 g/mol. The molecule has 1 heterocycles. The molecule has 1 aliphatic rings. The molecule has 0 aromatic heterocycles. The summed E-state index contributed by atoms with van der Waals surface area (Å²) in [6.45, 7) is 6.41. The van der Waals surface area contributed by atoms with Crippen LogP contribution in [0, 0.1) is 5.92 Å². The molecule has 0 aromatic rings. The standard InChI is InChI=1S/C10H14N2/c1-4-10-9(8(2)3)7-11-5-6-12-10/h6-8H,4H2,1-3H3. The highest BCUT2D eigenvalue weighted by Crippen LogP contribution is 2.15. The Bertz CT molecular complexity index is 276. The molecule has 1 aliphatic heterocycles. The fourth-order valence-electron chi connectivity index (χ4n) is 1.17. The molecule has 0 aliphatic carbocycles. The van der Waals surface area contributed by atoms with Crippen LogP contribution in [-0.4, -0.2) is 11.6 Å². The second kappa shape index (κ2) is 4.03. The molecule has 0 saturated carbocycles. The second-order valence-electron chi connectivity index (χ2n) is 3.06. The molecule has 2 heteroatoms. The molecule has 1 rings (SSSR count). The molecule has 0 saturated heterocycles. The zero-order chi connectivity index (χ0) is 8.97. The molecule has 64 valence electrons. The zero-order valence-corrected chi connectivity index (χ0v) is 7.83. The second-order valence-corrected chi connectivity index (χ2v) is 3.06. The van der Waals surface area contributed by atoms with Gasteiger partial charge in [-0.25, -0.2) is 4.99 Å². The molecule has 0 N–H and O–H groups in total. The fraction of sp³-hybridized carbons (Fsp3) is 0.500. The first-order valence-corrected chi connectivity index (χ1v) is 4.29. The highest BCUT2D eigenvalue weighted by atomic mass is 14.8. The van der Waals surface area contributed by atoms with Gasteiger partial charge >= 0.3 is 0 Å². The van der Waals surface area contributed by atoms with E-state index in [2.05, 4.69) is 36.6 Å². The quantitative estimate of drug-likeness (QED) is 0.596. The van der Waals surface area contributed by atoms with E-state index in [1.165, 1.54) is 5.57 Å². The maximum atomic E-state index is 4.26. The highest BCUT2D eigenvalue weighted by molar-refractivity contribution is 6.01. The van der Waals surface area contributed by atoms with E-state index in [0.29, 0.717) is 5.92 Å². The predicted octanol–water partition coefficient (Wildman–Crippen LogP) is 2.57. The van der Waals surface area contributed by atoms with Gasteiger partial charge in [0.2, 0.25) is 0 Å². The summed E-state index contributed by atoms with van der Waals surface area (Å²) in [6, 6.07) is 0. The van der Waals surface area contributed by atoms with E-state index in [1.807, 2.05) is 6.20 Å². The number of nitrogens with zero attached hydrogens (tertiary/aromatic N) is 2. The van der Waals surface area contributed by atoms with Crippen molar-refractivity contribution in [1.82, 2.24) is 0 Å². The lowest BCUT2D eigenvalue weighted by Gasteiger charge is -2.09. The summed E-state index contributed by atoms with van der Waals surface area (Å²) < 4.78 is 0. The van der Waals surface area contributed by atoms with Crippen LogP contribution in [0.5, 0.6) is 0 Å². The van der Waals surface area contributed by atoms with Gasteiger partial charge in [-0.3, -0.25) is 4.99 Å². The van der Waals surface area contributed by atoms with Crippen LogP contribution >= 0.6 is 0 Å². The Morgan fingerprint density at radius 2 is 2.25 bits per heavy atom. The van der Waals surface area contributed by atoms with Crippen LogP contribution in [0.15, 0.2) is 28.0 Å². The Balaban J connectivity index is 2.97. The predicted molar refractivity (Wildman–Crippen MR) is 52.7 cm³/mol. The minimum atomic E-state index is 0.487. The third-order valence-corrected chi connectivity index (χ3v) is 1.85. The first-order chi connectivity index (χ1) is 5.75. The summed E-state index contributed by atoms with van der Waals surface area (Å²) >= 11 is 0. The Morgan fingerprint density at radius 1 is 1.50 bits per heavy atom. The van der Waals surface area contributed by atoms with Crippen molar-refractivity contribution in [1.29, 1.82) is 0 Å². The summed E-state index contributed by atoms with van der Waals surface area (Å²) in [4.78, 5) is 8.25. The molecule has 12 heavy (non-hydrogen) atoms. The van der Waals surface area contributed by atoms with Crippen LogP contribution in [0.4, 0.5) is 0 Å². The molecular formula is C10H14N2. The fourth-order valence-corrected chi connectivity index (χ4v) is 1.17. The number of hydrogen-bond acceptors (Lipinski definition) is 2. The van der Waals surface area contributed by atoms with E-state index in [0.717, 1.165) is 12.1 Å².